The van der Waals surface area contributed by atoms with Gasteiger partial charge in [0, 0.05) is 6.42 Å². The minimum atomic E-state index is -0.770. The summed E-state index contributed by atoms with van der Waals surface area (Å²) in [5.74, 6) is 0.528. The number of furan rings is 1. The van der Waals surface area contributed by atoms with Crippen molar-refractivity contribution in [1.82, 2.24) is 0 Å². The Hall–Kier alpha value is -1.25. The Morgan fingerprint density at radius 2 is 2.43 bits per heavy atom. The lowest BCUT2D eigenvalue weighted by atomic mass is 9.98. The smallest absolute Gasteiger partial charge is 0.314 e. The molecule has 0 saturated carbocycles. The van der Waals surface area contributed by atoms with E-state index in [9.17, 15) is 4.79 Å². The third-order valence-corrected chi connectivity index (χ3v) is 2.90. The van der Waals surface area contributed by atoms with Crippen molar-refractivity contribution in [2.24, 2.45) is 5.92 Å². The minimum Gasteiger partial charge on any atom is -0.481 e. The van der Waals surface area contributed by atoms with Gasteiger partial charge in [-0.15, -0.1) is 0 Å². The monoisotopic (exact) mass is 194 g/mol. The van der Waals surface area contributed by atoms with Crippen molar-refractivity contribution in [3.05, 3.63) is 23.2 Å². The average Bonchev–Trinajstić information content (AvgIpc) is 2.58. The van der Waals surface area contributed by atoms with Crippen LogP contribution in [0.25, 0.3) is 0 Å². The first kappa shape index (κ1) is 9.31. The molecule has 0 aliphatic heterocycles. The highest BCUT2D eigenvalue weighted by atomic mass is 16.4. The Labute approximate surface area is 82.7 Å². The van der Waals surface area contributed by atoms with Gasteiger partial charge < -0.3 is 9.52 Å². The van der Waals surface area contributed by atoms with E-state index < -0.39 is 11.9 Å². The van der Waals surface area contributed by atoms with E-state index in [2.05, 4.69) is 0 Å². The van der Waals surface area contributed by atoms with Crippen molar-refractivity contribution < 1.29 is 14.3 Å². The molecule has 0 saturated heterocycles. The van der Waals surface area contributed by atoms with Crippen LogP contribution >= 0.6 is 0 Å². The summed E-state index contributed by atoms with van der Waals surface area (Å²) in [5, 5.41) is 9.05. The fraction of sp³-hybridized carbons (Fsp3) is 0.545. The second kappa shape index (κ2) is 3.15. The summed E-state index contributed by atoms with van der Waals surface area (Å²) in [6.45, 7) is 3.97. The van der Waals surface area contributed by atoms with Gasteiger partial charge in [-0.25, -0.2) is 0 Å². The number of carboxylic acids is 1. The molecule has 1 aliphatic carbocycles. The van der Waals surface area contributed by atoms with E-state index in [1.54, 1.807) is 0 Å². The number of carboxylic acid groups (broad SMARTS) is 1. The molecule has 2 rings (SSSR count). The van der Waals surface area contributed by atoms with Crippen molar-refractivity contribution in [2.75, 3.05) is 0 Å². The van der Waals surface area contributed by atoms with E-state index in [0.717, 1.165) is 24.2 Å². The zero-order chi connectivity index (χ0) is 10.3. The van der Waals surface area contributed by atoms with Crippen molar-refractivity contribution in [3.63, 3.8) is 0 Å². The van der Waals surface area contributed by atoms with Crippen LogP contribution in [0.1, 0.15) is 36.8 Å². The first-order chi connectivity index (χ1) is 6.63. The lowest BCUT2D eigenvalue weighted by Gasteiger charge is -2.09. The van der Waals surface area contributed by atoms with E-state index in [1.807, 2.05) is 19.9 Å². The lowest BCUT2D eigenvalue weighted by molar-refractivity contribution is -0.140. The van der Waals surface area contributed by atoms with E-state index in [0.29, 0.717) is 5.76 Å². The molecule has 1 aromatic heterocycles. The molecule has 76 valence electrons. The summed E-state index contributed by atoms with van der Waals surface area (Å²) in [5.41, 5.74) is 1.08. The molecule has 1 aromatic rings. The SMILES string of the molecule is CCc1cc2c(o1)C(C(=O)O)C(C)C2. The van der Waals surface area contributed by atoms with Crippen LogP contribution in [0.2, 0.25) is 0 Å². The Balaban J connectivity index is 2.39. The summed E-state index contributed by atoms with van der Waals surface area (Å²) >= 11 is 0. The molecule has 0 spiro atoms. The fourth-order valence-electron chi connectivity index (χ4n) is 2.18. The summed E-state index contributed by atoms with van der Waals surface area (Å²) in [6.07, 6.45) is 1.66. The number of carbonyl (C=O) groups is 1. The number of fused-ring (bicyclic) bond motifs is 1. The summed E-state index contributed by atoms with van der Waals surface area (Å²) in [4.78, 5) is 11.0. The molecular formula is C11H14O3. The zero-order valence-corrected chi connectivity index (χ0v) is 8.41. The Bertz CT molecular complexity index is 365. The van der Waals surface area contributed by atoms with Gasteiger partial charge in [0.05, 0.1) is 0 Å². The topological polar surface area (TPSA) is 50.4 Å². The van der Waals surface area contributed by atoms with Crippen molar-refractivity contribution in [3.8, 4) is 0 Å². The standard InChI is InChI=1S/C11H14O3/c1-3-8-5-7-4-6(2)9(11(12)13)10(7)14-8/h5-6,9H,3-4H2,1-2H3,(H,12,13). The van der Waals surface area contributed by atoms with Crippen molar-refractivity contribution in [2.45, 2.75) is 32.6 Å². The molecule has 0 fully saturated rings. The number of hydrogen-bond donors (Lipinski definition) is 1. The molecule has 2 atom stereocenters. The summed E-state index contributed by atoms with van der Waals surface area (Å²) in [7, 11) is 0. The molecule has 0 amide bonds. The first-order valence-electron chi connectivity index (χ1n) is 4.97. The molecule has 1 N–H and O–H groups in total. The molecule has 0 bridgehead atoms. The molecule has 14 heavy (non-hydrogen) atoms. The normalized spacial score (nSPS) is 25.0. The zero-order valence-electron chi connectivity index (χ0n) is 8.41. The van der Waals surface area contributed by atoms with Crippen LogP contribution in [0.3, 0.4) is 0 Å². The molecule has 0 aromatic carbocycles. The largest absolute Gasteiger partial charge is 0.481 e. The van der Waals surface area contributed by atoms with Gasteiger partial charge in [-0.05, 0) is 24.0 Å². The number of rotatable bonds is 2. The third-order valence-electron chi connectivity index (χ3n) is 2.90. The summed E-state index contributed by atoms with van der Waals surface area (Å²) < 4.78 is 5.54. The molecular weight excluding hydrogens is 180 g/mol. The fourth-order valence-corrected chi connectivity index (χ4v) is 2.18. The van der Waals surface area contributed by atoms with Crippen LogP contribution in [0.5, 0.6) is 0 Å². The Morgan fingerprint density at radius 3 is 3.00 bits per heavy atom. The van der Waals surface area contributed by atoms with Gasteiger partial charge in [0.25, 0.3) is 0 Å². The van der Waals surface area contributed by atoms with Crippen LogP contribution in [0.4, 0.5) is 0 Å². The second-order valence-corrected chi connectivity index (χ2v) is 3.95. The lowest BCUT2D eigenvalue weighted by Crippen LogP contribution is -2.14. The molecule has 2 unspecified atom stereocenters. The average molecular weight is 194 g/mol. The van der Waals surface area contributed by atoms with Crippen molar-refractivity contribution >= 4 is 5.97 Å². The van der Waals surface area contributed by atoms with Gasteiger partial charge in [0.1, 0.15) is 17.4 Å². The van der Waals surface area contributed by atoms with Crippen LogP contribution in [0.15, 0.2) is 10.5 Å². The Morgan fingerprint density at radius 1 is 1.71 bits per heavy atom. The Kier molecular flexibility index (Phi) is 2.10. The van der Waals surface area contributed by atoms with Crippen LogP contribution in [0, 0.1) is 5.92 Å². The molecule has 1 heterocycles. The number of aryl methyl sites for hydroxylation is 1. The van der Waals surface area contributed by atoms with Crippen LogP contribution < -0.4 is 0 Å². The maximum absolute atomic E-state index is 11.0. The molecule has 0 radical (unpaired) electrons. The van der Waals surface area contributed by atoms with Gasteiger partial charge >= 0.3 is 5.97 Å². The highest BCUT2D eigenvalue weighted by molar-refractivity contribution is 5.77. The van der Waals surface area contributed by atoms with Gasteiger partial charge in [-0.1, -0.05) is 13.8 Å². The van der Waals surface area contributed by atoms with Gasteiger partial charge in [0.15, 0.2) is 0 Å². The predicted octanol–water partition coefficient (Wildman–Crippen LogP) is 2.20. The summed E-state index contributed by atoms with van der Waals surface area (Å²) in [6, 6.07) is 1.99. The van der Waals surface area contributed by atoms with Gasteiger partial charge in [0.2, 0.25) is 0 Å². The predicted molar refractivity (Wildman–Crippen MR) is 51.3 cm³/mol. The minimum absolute atomic E-state index is 0.159. The highest BCUT2D eigenvalue weighted by Crippen LogP contribution is 2.39. The van der Waals surface area contributed by atoms with E-state index in [1.165, 1.54) is 0 Å². The maximum atomic E-state index is 11.0. The van der Waals surface area contributed by atoms with E-state index in [4.69, 9.17) is 9.52 Å². The van der Waals surface area contributed by atoms with Gasteiger partial charge in [-0.3, -0.25) is 4.79 Å². The van der Waals surface area contributed by atoms with Crippen LogP contribution in [-0.2, 0) is 17.6 Å². The maximum Gasteiger partial charge on any atom is 0.314 e. The molecule has 3 heteroatoms. The third kappa shape index (κ3) is 1.24. The second-order valence-electron chi connectivity index (χ2n) is 3.95. The van der Waals surface area contributed by atoms with E-state index in [-0.39, 0.29) is 5.92 Å². The number of hydrogen-bond acceptors (Lipinski definition) is 2. The first-order valence-corrected chi connectivity index (χ1v) is 4.97. The quantitative estimate of drug-likeness (QED) is 0.785. The molecule has 3 nitrogen and oxygen atoms in total. The van der Waals surface area contributed by atoms with Crippen molar-refractivity contribution in [1.29, 1.82) is 0 Å². The van der Waals surface area contributed by atoms with Crippen LogP contribution in [-0.4, -0.2) is 11.1 Å². The number of aliphatic carboxylic acids is 1. The molecule has 1 aliphatic rings. The highest BCUT2D eigenvalue weighted by Gasteiger charge is 2.38. The van der Waals surface area contributed by atoms with Gasteiger partial charge in [-0.2, -0.15) is 0 Å². The van der Waals surface area contributed by atoms with E-state index >= 15 is 0 Å².